The summed E-state index contributed by atoms with van der Waals surface area (Å²) in [6.07, 6.45) is 17.5. The van der Waals surface area contributed by atoms with Crippen molar-refractivity contribution in [3.63, 3.8) is 0 Å². The third kappa shape index (κ3) is 3.67. The summed E-state index contributed by atoms with van der Waals surface area (Å²) in [5.41, 5.74) is 3.05. The Kier molecular flexibility index (Phi) is 6.07. The zero-order chi connectivity index (χ0) is 21.0. The Hall–Kier alpha value is -0.260. The first-order valence-electron chi connectivity index (χ1n) is 13.4. The Balaban J connectivity index is 0.00000171. The van der Waals surface area contributed by atoms with Crippen LogP contribution in [0.25, 0.3) is 0 Å². The molecule has 9 atom stereocenters. The van der Waals surface area contributed by atoms with Gasteiger partial charge in [0.25, 0.3) is 0 Å². The molecule has 0 saturated heterocycles. The van der Waals surface area contributed by atoms with Crippen molar-refractivity contribution in [2.45, 2.75) is 113 Å². The molecule has 0 bridgehead atoms. The molecular formula is C29H56. The number of hydrogen-bond acceptors (Lipinski definition) is 0. The lowest BCUT2D eigenvalue weighted by molar-refractivity contribution is -0.0525. The van der Waals surface area contributed by atoms with Crippen LogP contribution in [0.5, 0.6) is 0 Å². The molecule has 3 fully saturated rings. The normalized spacial score (nSPS) is 46.5. The third-order valence-corrected chi connectivity index (χ3v) is 11.3. The van der Waals surface area contributed by atoms with Crippen molar-refractivity contribution in [2.24, 2.45) is 58.2 Å². The standard InChI is InChI=1S/C29H50.3H2/c1-19(2)21(4)8-9-22(5)25-12-13-26-24-11-10-23-18-20(3)14-16-28(23,6)27(24)15-17-29(25,26)7;;;/h10,19-22,24-27H,8-9,11-18H2,1-7H3;3*1H/t20-,21+,22+,24-,25?,26?,27?,28-,29+;;;/m0.../s1. The SMILES string of the molecule is CC(C)[C@H](C)CC[C@@H](C)C1CCC2[C@@H]3CC=C4C[C@@H](C)CC[C@]4(C)C3CC[C@@]21C.[HH].[HH].[HH]. The summed E-state index contributed by atoms with van der Waals surface area (Å²) < 4.78 is 0. The molecule has 3 saturated carbocycles. The molecule has 0 heterocycles. The second-order valence-corrected chi connectivity index (χ2v) is 13.1. The van der Waals surface area contributed by atoms with Crippen molar-refractivity contribution in [3.05, 3.63) is 11.6 Å². The summed E-state index contributed by atoms with van der Waals surface area (Å²) in [4.78, 5) is 0. The van der Waals surface area contributed by atoms with E-state index < -0.39 is 0 Å². The van der Waals surface area contributed by atoms with E-state index in [9.17, 15) is 0 Å². The smallest absolute Gasteiger partial charge is 0 e. The Morgan fingerprint density at radius 3 is 2.45 bits per heavy atom. The van der Waals surface area contributed by atoms with Crippen LogP contribution in [0.1, 0.15) is 117 Å². The van der Waals surface area contributed by atoms with Crippen LogP contribution >= 0.6 is 0 Å². The maximum atomic E-state index is 2.75. The van der Waals surface area contributed by atoms with E-state index in [1.807, 2.05) is 5.57 Å². The van der Waals surface area contributed by atoms with Gasteiger partial charge in [0.05, 0.1) is 0 Å². The quantitative estimate of drug-likeness (QED) is 0.400. The molecule has 0 heteroatoms. The number of allylic oxidation sites excluding steroid dienone is 2. The van der Waals surface area contributed by atoms with Crippen LogP contribution in [0.15, 0.2) is 11.6 Å². The van der Waals surface area contributed by atoms with Gasteiger partial charge in [0, 0.05) is 4.28 Å². The van der Waals surface area contributed by atoms with Crippen LogP contribution in [0, 0.1) is 58.2 Å². The fourth-order valence-corrected chi connectivity index (χ4v) is 8.88. The molecule has 0 N–H and O–H groups in total. The molecule has 0 aromatic rings. The van der Waals surface area contributed by atoms with Crippen molar-refractivity contribution >= 4 is 0 Å². The zero-order valence-electron chi connectivity index (χ0n) is 20.8. The summed E-state index contributed by atoms with van der Waals surface area (Å²) in [6, 6.07) is 0. The average Bonchev–Trinajstić information content (AvgIpc) is 3.03. The molecule has 29 heavy (non-hydrogen) atoms. The molecule has 3 unspecified atom stereocenters. The average molecular weight is 405 g/mol. The molecule has 0 aromatic heterocycles. The van der Waals surface area contributed by atoms with Crippen molar-refractivity contribution in [1.82, 2.24) is 0 Å². The largest absolute Gasteiger partial charge is 0.0845 e. The Morgan fingerprint density at radius 1 is 0.966 bits per heavy atom. The first kappa shape index (κ1) is 22.0. The topological polar surface area (TPSA) is 0 Å². The van der Waals surface area contributed by atoms with Gasteiger partial charge in [-0.2, -0.15) is 0 Å². The van der Waals surface area contributed by atoms with Crippen LogP contribution in [-0.2, 0) is 0 Å². The van der Waals surface area contributed by atoms with Gasteiger partial charge in [0.1, 0.15) is 0 Å². The van der Waals surface area contributed by atoms with Crippen molar-refractivity contribution in [3.8, 4) is 0 Å². The fraction of sp³-hybridized carbons (Fsp3) is 0.931. The first-order valence-corrected chi connectivity index (χ1v) is 13.4. The minimum absolute atomic E-state index is 0. The van der Waals surface area contributed by atoms with Gasteiger partial charge in [-0.3, -0.25) is 0 Å². The predicted octanol–water partition coefficient (Wildman–Crippen LogP) is 9.65. The van der Waals surface area contributed by atoms with Gasteiger partial charge in [-0.15, -0.1) is 0 Å². The van der Waals surface area contributed by atoms with Crippen molar-refractivity contribution in [2.75, 3.05) is 0 Å². The lowest BCUT2D eigenvalue weighted by Gasteiger charge is -2.58. The lowest BCUT2D eigenvalue weighted by atomic mass is 9.46. The van der Waals surface area contributed by atoms with E-state index in [0.29, 0.717) is 10.8 Å². The fourth-order valence-electron chi connectivity index (χ4n) is 8.88. The maximum absolute atomic E-state index is 2.75. The molecule has 4 aliphatic rings. The molecule has 0 aromatic carbocycles. The van der Waals surface area contributed by atoms with E-state index in [1.54, 1.807) is 0 Å². The summed E-state index contributed by atoms with van der Waals surface area (Å²) in [6.45, 7) is 17.8. The van der Waals surface area contributed by atoms with Crippen molar-refractivity contribution < 1.29 is 4.28 Å². The number of hydrogen-bond donors (Lipinski definition) is 0. The second kappa shape index (κ2) is 8.02. The predicted molar refractivity (Wildman–Crippen MR) is 133 cm³/mol. The Labute approximate surface area is 187 Å². The third-order valence-electron chi connectivity index (χ3n) is 11.3. The van der Waals surface area contributed by atoms with Gasteiger partial charge in [-0.25, -0.2) is 0 Å². The van der Waals surface area contributed by atoms with E-state index in [2.05, 4.69) is 54.5 Å². The molecule has 0 spiro atoms. The van der Waals surface area contributed by atoms with E-state index >= 15 is 0 Å². The molecule has 0 aliphatic heterocycles. The summed E-state index contributed by atoms with van der Waals surface area (Å²) in [5, 5.41) is 0. The molecule has 4 aliphatic carbocycles. The Morgan fingerprint density at radius 2 is 1.72 bits per heavy atom. The minimum atomic E-state index is 0. The van der Waals surface area contributed by atoms with Crippen LogP contribution in [-0.4, -0.2) is 0 Å². The van der Waals surface area contributed by atoms with Gasteiger partial charge >= 0.3 is 0 Å². The number of fused-ring (bicyclic) bond motifs is 5. The highest BCUT2D eigenvalue weighted by molar-refractivity contribution is 5.25. The maximum Gasteiger partial charge on any atom is 0 e. The van der Waals surface area contributed by atoms with E-state index in [1.165, 1.54) is 64.2 Å². The summed E-state index contributed by atoms with van der Waals surface area (Å²) in [5.74, 6) is 7.53. The first-order chi connectivity index (χ1) is 13.7. The molecule has 0 radical (unpaired) electrons. The van der Waals surface area contributed by atoms with Gasteiger partial charge in [-0.05, 0) is 110 Å². The van der Waals surface area contributed by atoms with E-state index in [4.69, 9.17) is 0 Å². The van der Waals surface area contributed by atoms with Crippen LogP contribution in [0.4, 0.5) is 0 Å². The van der Waals surface area contributed by atoms with Crippen molar-refractivity contribution in [1.29, 1.82) is 0 Å². The molecular weight excluding hydrogens is 348 g/mol. The summed E-state index contributed by atoms with van der Waals surface area (Å²) in [7, 11) is 0. The highest BCUT2D eigenvalue weighted by Crippen LogP contribution is 2.67. The summed E-state index contributed by atoms with van der Waals surface area (Å²) >= 11 is 0. The molecule has 0 nitrogen and oxygen atoms in total. The molecule has 0 amide bonds. The van der Waals surface area contributed by atoms with Crippen LogP contribution in [0.3, 0.4) is 0 Å². The van der Waals surface area contributed by atoms with Gasteiger partial charge in [0.2, 0.25) is 0 Å². The van der Waals surface area contributed by atoms with E-state index in [0.717, 1.165) is 47.3 Å². The molecule has 172 valence electrons. The van der Waals surface area contributed by atoms with E-state index in [-0.39, 0.29) is 4.28 Å². The lowest BCUT2D eigenvalue weighted by Crippen LogP contribution is -2.50. The van der Waals surface area contributed by atoms with Gasteiger partial charge in [0.15, 0.2) is 0 Å². The van der Waals surface area contributed by atoms with Crippen LogP contribution < -0.4 is 0 Å². The highest BCUT2D eigenvalue weighted by Gasteiger charge is 2.58. The number of rotatable bonds is 5. The van der Waals surface area contributed by atoms with Crippen LogP contribution in [0.2, 0.25) is 0 Å². The molecule has 4 rings (SSSR count). The zero-order valence-corrected chi connectivity index (χ0v) is 20.8. The monoisotopic (exact) mass is 404 g/mol. The second-order valence-electron chi connectivity index (χ2n) is 13.1. The van der Waals surface area contributed by atoms with Gasteiger partial charge in [-0.1, -0.05) is 73.0 Å². The van der Waals surface area contributed by atoms with Gasteiger partial charge < -0.3 is 0 Å². The Bertz CT molecular complexity index is 628. The highest BCUT2D eigenvalue weighted by atomic mass is 14.6. The minimum Gasteiger partial charge on any atom is -0.0845 e.